The van der Waals surface area contributed by atoms with Gasteiger partial charge in [-0.15, -0.1) is 0 Å². The molecule has 0 saturated heterocycles. The number of esters is 1. The number of hydrogen-bond donors (Lipinski definition) is 0. The molecule has 0 unspecified atom stereocenters. The van der Waals surface area contributed by atoms with Gasteiger partial charge in [-0.25, -0.2) is 4.79 Å². The first kappa shape index (κ1) is 16.1. The molecule has 0 fully saturated rings. The van der Waals surface area contributed by atoms with Crippen molar-refractivity contribution in [2.24, 2.45) is 0 Å². The molecular weight excluding hydrogens is 332 g/mol. The molecule has 0 spiro atoms. The van der Waals surface area contributed by atoms with Gasteiger partial charge in [0, 0.05) is 24.4 Å². The van der Waals surface area contributed by atoms with Crippen molar-refractivity contribution in [1.82, 2.24) is 0 Å². The second-order valence-corrected chi connectivity index (χ2v) is 5.49. The SMILES string of the molecule is COc1ccc(-c2cc(=O)oc3cc(OC(C)=O)c(Cl)cc23)cc1. The van der Waals surface area contributed by atoms with Gasteiger partial charge in [-0.05, 0) is 29.3 Å². The van der Waals surface area contributed by atoms with E-state index in [2.05, 4.69) is 0 Å². The molecule has 0 aliphatic rings. The summed E-state index contributed by atoms with van der Waals surface area (Å²) in [5.74, 6) is 0.345. The van der Waals surface area contributed by atoms with Gasteiger partial charge in [-0.3, -0.25) is 4.79 Å². The van der Waals surface area contributed by atoms with E-state index in [1.54, 1.807) is 25.3 Å². The zero-order valence-corrected chi connectivity index (χ0v) is 13.7. The van der Waals surface area contributed by atoms with Crippen LogP contribution in [0.1, 0.15) is 6.92 Å². The highest BCUT2D eigenvalue weighted by molar-refractivity contribution is 6.33. The van der Waals surface area contributed by atoms with E-state index >= 15 is 0 Å². The molecule has 1 heterocycles. The Hall–Kier alpha value is -2.79. The van der Waals surface area contributed by atoms with Crippen LogP contribution in [0.3, 0.4) is 0 Å². The van der Waals surface area contributed by atoms with Gasteiger partial charge in [0.15, 0.2) is 5.75 Å². The maximum atomic E-state index is 11.9. The highest BCUT2D eigenvalue weighted by atomic mass is 35.5. The molecule has 2 aromatic carbocycles. The fourth-order valence-electron chi connectivity index (χ4n) is 2.41. The van der Waals surface area contributed by atoms with E-state index in [9.17, 15) is 9.59 Å². The summed E-state index contributed by atoms with van der Waals surface area (Å²) in [6, 6.07) is 11.7. The molecule has 0 amide bonds. The van der Waals surface area contributed by atoms with Crippen LogP contribution in [0.4, 0.5) is 0 Å². The van der Waals surface area contributed by atoms with Crippen LogP contribution < -0.4 is 15.1 Å². The second kappa shape index (κ2) is 6.37. The van der Waals surface area contributed by atoms with Crippen LogP contribution in [0.5, 0.6) is 11.5 Å². The van der Waals surface area contributed by atoms with E-state index < -0.39 is 11.6 Å². The number of hydrogen-bond acceptors (Lipinski definition) is 5. The molecule has 0 aliphatic heterocycles. The van der Waals surface area contributed by atoms with E-state index in [1.807, 2.05) is 12.1 Å². The normalized spacial score (nSPS) is 10.6. The summed E-state index contributed by atoms with van der Waals surface area (Å²) in [4.78, 5) is 23.0. The molecule has 122 valence electrons. The molecule has 0 bridgehead atoms. The maximum absolute atomic E-state index is 11.9. The fraction of sp³-hybridized carbons (Fsp3) is 0.111. The number of halogens is 1. The van der Waals surface area contributed by atoms with Crippen LogP contribution in [0.15, 0.2) is 51.7 Å². The van der Waals surface area contributed by atoms with Gasteiger partial charge in [-0.2, -0.15) is 0 Å². The lowest BCUT2D eigenvalue weighted by Gasteiger charge is -2.09. The zero-order valence-electron chi connectivity index (χ0n) is 13.0. The molecule has 5 nitrogen and oxygen atoms in total. The first-order valence-corrected chi connectivity index (χ1v) is 7.46. The smallest absolute Gasteiger partial charge is 0.336 e. The summed E-state index contributed by atoms with van der Waals surface area (Å²) >= 11 is 6.18. The Bertz CT molecular complexity index is 973. The average Bonchev–Trinajstić information content (AvgIpc) is 2.55. The first-order chi connectivity index (χ1) is 11.5. The summed E-state index contributed by atoms with van der Waals surface area (Å²) in [6.45, 7) is 1.27. The molecule has 0 radical (unpaired) electrons. The number of ether oxygens (including phenoxy) is 2. The van der Waals surface area contributed by atoms with Crippen LogP contribution in [0.2, 0.25) is 5.02 Å². The number of methoxy groups -OCH3 is 1. The summed E-state index contributed by atoms with van der Waals surface area (Å²) in [6.07, 6.45) is 0. The molecule has 0 N–H and O–H groups in total. The van der Waals surface area contributed by atoms with Gasteiger partial charge in [0.1, 0.15) is 11.3 Å². The molecule has 6 heteroatoms. The molecule has 0 saturated carbocycles. The highest BCUT2D eigenvalue weighted by Gasteiger charge is 2.13. The van der Waals surface area contributed by atoms with Crippen molar-refractivity contribution in [2.75, 3.05) is 7.11 Å². The molecule has 0 aliphatic carbocycles. The standard InChI is InChI=1S/C18H13ClO5/c1-10(20)23-17-9-16-14(7-15(17)19)13(8-18(21)24-16)11-3-5-12(22-2)6-4-11/h3-9H,1-2H3. The Morgan fingerprint density at radius 2 is 1.83 bits per heavy atom. The molecule has 24 heavy (non-hydrogen) atoms. The number of carbonyl (C=O) groups excluding carboxylic acids is 1. The summed E-state index contributed by atoms with van der Waals surface area (Å²) in [5.41, 5.74) is 1.25. The molecule has 1 aromatic heterocycles. The van der Waals surface area contributed by atoms with Crippen LogP contribution in [-0.4, -0.2) is 13.1 Å². The highest BCUT2D eigenvalue weighted by Crippen LogP contribution is 2.35. The predicted octanol–water partition coefficient (Wildman–Crippen LogP) is 4.05. The third kappa shape index (κ3) is 3.12. The van der Waals surface area contributed by atoms with Gasteiger partial charge in [0.25, 0.3) is 0 Å². The molecular formula is C18H13ClO5. The van der Waals surface area contributed by atoms with Crippen molar-refractivity contribution in [3.05, 3.63) is 57.9 Å². The maximum Gasteiger partial charge on any atom is 0.336 e. The van der Waals surface area contributed by atoms with Gasteiger partial charge in [0.2, 0.25) is 0 Å². The van der Waals surface area contributed by atoms with Crippen molar-refractivity contribution in [1.29, 1.82) is 0 Å². The van der Waals surface area contributed by atoms with E-state index in [1.165, 1.54) is 19.1 Å². The quantitative estimate of drug-likeness (QED) is 0.407. The van der Waals surface area contributed by atoms with Crippen LogP contribution in [0, 0.1) is 0 Å². The number of rotatable bonds is 3. The minimum absolute atomic E-state index is 0.145. The fourth-order valence-corrected chi connectivity index (χ4v) is 2.61. The monoisotopic (exact) mass is 344 g/mol. The van der Waals surface area contributed by atoms with Crippen molar-refractivity contribution >= 4 is 28.5 Å². The van der Waals surface area contributed by atoms with Crippen molar-refractivity contribution in [3.63, 3.8) is 0 Å². The van der Waals surface area contributed by atoms with Gasteiger partial charge < -0.3 is 13.9 Å². The lowest BCUT2D eigenvalue weighted by atomic mass is 10.0. The molecule has 0 atom stereocenters. The van der Waals surface area contributed by atoms with E-state index in [-0.39, 0.29) is 16.4 Å². The Labute approximate surface area is 142 Å². The van der Waals surface area contributed by atoms with Crippen LogP contribution in [-0.2, 0) is 4.79 Å². The van der Waals surface area contributed by atoms with Gasteiger partial charge >= 0.3 is 11.6 Å². The molecule has 3 rings (SSSR count). The minimum Gasteiger partial charge on any atom is -0.497 e. The molecule has 3 aromatic rings. The zero-order chi connectivity index (χ0) is 17.3. The Balaban J connectivity index is 2.22. The Morgan fingerprint density at radius 1 is 1.12 bits per heavy atom. The summed E-state index contributed by atoms with van der Waals surface area (Å²) < 4.78 is 15.4. The third-order valence-electron chi connectivity index (χ3n) is 3.45. The first-order valence-electron chi connectivity index (χ1n) is 7.08. The van der Waals surface area contributed by atoms with E-state index in [4.69, 9.17) is 25.5 Å². The topological polar surface area (TPSA) is 65.7 Å². The van der Waals surface area contributed by atoms with Crippen LogP contribution in [0.25, 0.3) is 22.1 Å². The van der Waals surface area contributed by atoms with E-state index in [0.717, 1.165) is 5.56 Å². The summed E-state index contributed by atoms with van der Waals surface area (Å²) in [7, 11) is 1.58. The largest absolute Gasteiger partial charge is 0.497 e. The lowest BCUT2D eigenvalue weighted by molar-refractivity contribution is -0.131. The number of fused-ring (bicyclic) bond motifs is 1. The van der Waals surface area contributed by atoms with Crippen molar-refractivity contribution in [3.8, 4) is 22.6 Å². The lowest BCUT2D eigenvalue weighted by Crippen LogP contribution is -2.03. The van der Waals surface area contributed by atoms with Crippen molar-refractivity contribution in [2.45, 2.75) is 6.92 Å². The van der Waals surface area contributed by atoms with Gasteiger partial charge in [-0.1, -0.05) is 23.7 Å². The Morgan fingerprint density at radius 3 is 2.46 bits per heavy atom. The van der Waals surface area contributed by atoms with Gasteiger partial charge in [0.05, 0.1) is 12.1 Å². The van der Waals surface area contributed by atoms with E-state index in [0.29, 0.717) is 16.7 Å². The van der Waals surface area contributed by atoms with Crippen molar-refractivity contribution < 1.29 is 18.7 Å². The Kier molecular flexibility index (Phi) is 4.27. The third-order valence-corrected chi connectivity index (χ3v) is 3.75. The number of benzene rings is 2. The number of carbonyl (C=O) groups is 1. The van der Waals surface area contributed by atoms with Crippen LogP contribution >= 0.6 is 11.6 Å². The average molecular weight is 345 g/mol. The second-order valence-electron chi connectivity index (χ2n) is 5.08. The predicted molar refractivity (Wildman–Crippen MR) is 90.8 cm³/mol. The minimum atomic E-state index is -0.510. The summed E-state index contributed by atoms with van der Waals surface area (Å²) in [5, 5.41) is 0.891.